The van der Waals surface area contributed by atoms with Crippen molar-refractivity contribution < 1.29 is 9.15 Å². The van der Waals surface area contributed by atoms with E-state index in [1.807, 2.05) is 19.1 Å². The molecule has 7 heteroatoms. The highest BCUT2D eigenvalue weighted by molar-refractivity contribution is 9.10. The molecule has 2 heterocycles. The summed E-state index contributed by atoms with van der Waals surface area (Å²) in [5.74, 6) is 1.86. The van der Waals surface area contributed by atoms with Gasteiger partial charge in [0.05, 0.1) is 16.8 Å². The van der Waals surface area contributed by atoms with Crippen molar-refractivity contribution in [3.63, 3.8) is 0 Å². The van der Waals surface area contributed by atoms with E-state index in [1.165, 1.54) is 0 Å². The third kappa shape index (κ3) is 3.34. The van der Waals surface area contributed by atoms with Crippen LogP contribution in [-0.4, -0.2) is 23.6 Å². The quantitative estimate of drug-likeness (QED) is 0.840. The second kappa shape index (κ2) is 6.49. The lowest BCUT2D eigenvalue weighted by Crippen LogP contribution is -2.06. The number of methoxy groups -OCH3 is 1. The van der Waals surface area contributed by atoms with Crippen molar-refractivity contribution in [2.75, 3.05) is 19.0 Å². The molecule has 0 aliphatic carbocycles. The van der Waals surface area contributed by atoms with Crippen LogP contribution in [0.2, 0.25) is 0 Å². The Hall–Kier alpha value is -0.920. The van der Waals surface area contributed by atoms with Crippen molar-refractivity contribution in [1.82, 2.24) is 9.97 Å². The van der Waals surface area contributed by atoms with Crippen molar-refractivity contribution >= 4 is 37.7 Å². The van der Waals surface area contributed by atoms with Crippen LogP contribution in [0, 0.1) is 0 Å². The van der Waals surface area contributed by atoms with Gasteiger partial charge in [0.15, 0.2) is 16.3 Å². The number of anilines is 1. The van der Waals surface area contributed by atoms with Gasteiger partial charge in [-0.25, -0.2) is 9.97 Å². The highest BCUT2D eigenvalue weighted by Gasteiger charge is 2.15. The number of rotatable bonds is 5. The molecule has 1 N–H and O–H groups in total. The number of furan rings is 1. The summed E-state index contributed by atoms with van der Waals surface area (Å²) in [5, 5.41) is 3.18. The van der Waals surface area contributed by atoms with E-state index in [0.717, 1.165) is 22.5 Å². The normalized spacial score (nSPS) is 10.7. The van der Waals surface area contributed by atoms with Gasteiger partial charge in [0.1, 0.15) is 5.82 Å². The van der Waals surface area contributed by atoms with Gasteiger partial charge < -0.3 is 14.5 Å². The summed E-state index contributed by atoms with van der Waals surface area (Å²) in [6, 6.07) is 3.63. The maximum atomic E-state index is 5.48. The lowest BCUT2D eigenvalue weighted by Gasteiger charge is -2.10. The third-order valence-corrected chi connectivity index (χ3v) is 3.60. The first-order valence-electron chi connectivity index (χ1n) is 5.70. The smallest absolute Gasteiger partial charge is 0.198 e. The topological polar surface area (TPSA) is 60.2 Å². The van der Waals surface area contributed by atoms with Crippen LogP contribution in [-0.2, 0) is 11.3 Å². The predicted octanol–water partition coefficient (Wildman–Crippen LogP) is 3.84. The molecular formula is C12H13Br2N3O2. The fraction of sp³-hybridized carbons (Fsp3) is 0.333. The zero-order valence-electron chi connectivity index (χ0n) is 10.5. The molecule has 0 fully saturated rings. The van der Waals surface area contributed by atoms with Gasteiger partial charge in [-0.2, -0.15) is 0 Å². The predicted molar refractivity (Wildman–Crippen MR) is 80.0 cm³/mol. The lowest BCUT2D eigenvalue weighted by atomic mass is 10.3. The third-order valence-electron chi connectivity index (χ3n) is 2.34. The first kappa shape index (κ1) is 14.5. The van der Waals surface area contributed by atoms with Gasteiger partial charge >= 0.3 is 0 Å². The lowest BCUT2D eigenvalue weighted by molar-refractivity contribution is 0.181. The van der Waals surface area contributed by atoms with E-state index in [0.29, 0.717) is 22.9 Å². The molecule has 2 rings (SSSR count). The molecule has 0 aliphatic heterocycles. The molecule has 5 nitrogen and oxygen atoms in total. The standard InChI is InChI=1S/C12H13Br2N3O2/c1-3-15-12-10(14)7(6-18-2)16-11(17-12)8-4-5-9(13)19-8/h4-5H,3,6H2,1-2H3,(H,15,16,17). The number of nitrogens with one attached hydrogen (secondary N) is 1. The minimum Gasteiger partial charge on any atom is -0.446 e. The summed E-state index contributed by atoms with van der Waals surface area (Å²) in [5.41, 5.74) is 0.774. The average Bonchev–Trinajstić information content (AvgIpc) is 2.81. The molecule has 2 aromatic rings. The monoisotopic (exact) mass is 389 g/mol. The Morgan fingerprint density at radius 1 is 1.32 bits per heavy atom. The minimum absolute atomic E-state index is 0.399. The van der Waals surface area contributed by atoms with Crippen LogP contribution < -0.4 is 5.32 Å². The second-order valence-corrected chi connectivity index (χ2v) is 5.30. The molecule has 0 atom stereocenters. The van der Waals surface area contributed by atoms with Crippen LogP contribution >= 0.6 is 31.9 Å². The summed E-state index contributed by atoms with van der Waals surface area (Å²) in [6.45, 7) is 3.17. The first-order valence-corrected chi connectivity index (χ1v) is 7.29. The highest BCUT2D eigenvalue weighted by atomic mass is 79.9. The zero-order valence-corrected chi connectivity index (χ0v) is 13.7. The number of ether oxygens (including phenoxy) is 1. The van der Waals surface area contributed by atoms with Crippen LogP contribution in [0.25, 0.3) is 11.6 Å². The number of halogens is 2. The van der Waals surface area contributed by atoms with Crippen LogP contribution in [0.3, 0.4) is 0 Å². The van der Waals surface area contributed by atoms with Crippen molar-refractivity contribution in [2.24, 2.45) is 0 Å². The highest BCUT2D eigenvalue weighted by Crippen LogP contribution is 2.29. The molecule has 0 unspecified atom stereocenters. The second-order valence-electron chi connectivity index (χ2n) is 3.72. The van der Waals surface area contributed by atoms with Gasteiger partial charge in [0.2, 0.25) is 0 Å². The Morgan fingerprint density at radius 2 is 2.11 bits per heavy atom. The van der Waals surface area contributed by atoms with Crippen molar-refractivity contribution in [1.29, 1.82) is 0 Å². The number of aromatic nitrogens is 2. The average molecular weight is 391 g/mol. The van der Waals surface area contributed by atoms with Gasteiger partial charge in [0.25, 0.3) is 0 Å². The number of nitrogens with zero attached hydrogens (tertiary/aromatic N) is 2. The van der Waals surface area contributed by atoms with Gasteiger partial charge in [-0.3, -0.25) is 0 Å². The van der Waals surface area contributed by atoms with Crippen molar-refractivity contribution in [3.05, 3.63) is 27.0 Å². The van der Waals surface area contributed by atoms with Crippen LogP contribution in [0.1, 0.15) is 12.6 Å². The van der Waals surface area contributed by atoms with E-state index in [9.17, 15) is 0 Å². The fourth-order valence-corrected chi connectivity index (χ4v) is 2.29. The van der Waals surface area contributed by atoms with E-state index in [-0.39, 0.29) is 0 Å². The molecule has 102 valence electrons. The molecule has 0 bridgehead atoms. The van der Waals surface area contributed by atoms with Crippen LogP contribution in [0.4, 0.5) is 5.82 Å². The summed E-state index contributed by atoms with van der Waals surface area (Å²) < 4.78 is 12.1. The summed E-state index contributed by atoms with van der Waals surface area (Å²) in [7, 11) is 1.63. The van der Waals surface area contributed by atoms with E-state index in [1.54, 1.807) is 7.11 Å². The van der Waals surface area contributed by atoms with Crippen molar-refractivity contribution in [3.8, 4) is 11.6 Å². The molecule has 19 heavy (non-hydrogen) atoms. The Morgan fingerprint density at radius 3 is 2.68 bits per heavy atom. The van der Waals surface area contributed by atoms with Gasteiger partial charge in [-0.15, -0.1) is 0 Å². The van der Waals surface area contributed by atoms with E-state index in [4.69, 9.17) is 9.15 Å². The van der Waals surface area contributed by atoms with Crippen molar-refractivity contribution in [2.45, 2.75) is 13.5 Å². The molecule has 0 aliphatic rings. The zero-order chi connectivity index (χ0) is 13.8. The van der Waals surface area contributed by atoms with Gasteiger partial charge in [-0.1, -0.05) is 0 Å². The molecule has 0 spiro atoms. The number of hydrogen-bond donors (Lipinski definition) is 1. The molecule has 0 aromatic carbocycles. The molecular weight excluding hydrogens is 378 g/mol. The molecule has 0 saturated carbocycles. The SMILES string of the molecule is CCNc1nc(-c2ccc(Br)o2)nc(COC)c1Br. The number of hydrogen-bond acceptors (Lipinski definition) is 5. The van der Waals surface area contributed by atoms with Crippen LogP contribution in [0.5, 0.6) is 0 Å². The van der Waals surface area contributed by atoms with Crippen LogP contribution in [0.15, 0.2) is 25.7 Å². The largest absolute Gasteiger partial charge is 0.446 e. The molecule has 0 saturated heterocycles. The molecule has 2 aromatic heterocycles. The Kier molecular flexibility index (Phi) is 4.95. The van der Waals surface area contributed by atoms with E-state index < -0.39 is 0 Å². The Balaban J connectivity index is 2.48. The minimum atomic E-state index is 0.399. The summed E-state index contributed by atoms with van der Waals surface area (Å²) >= 11 is 6.76. The first-order chi connectivity index (χ1) is 9.15. The maximum Gasteiger partial charge on any atom is 0.198 e. The Labute approximate surface area is 128 Å². The fourth-order valence-electron chi connectivity index (χ4n) is 1.56. The maximum absolute atomic E-state index is 5.48. The summed E-state index contributed by atoms with van der Waals surface area (Å²) in [6.07, 6.45) is 0. The molecule has 0 radical (unpaired) electrons. The van der Waals surface area contributed by atoms with E-state index in [2.05, 4.69) is 47.1 Å². The van der Waals surface area contributed by atoms with Gasteiger partial charge in [0, 0.05) is 13.7 Å². The van der Waals surface area contributed by atoms with E-state index >= 15 is 0 Å². The van der Waals surface area contributed by atoms with Gasteiger partial charge in [-0.05, 0) is 50.9 Å². The molecule has 0 amide bonds. The Bertz CT molecular complexity index is 545. The summed E-state index contributed by atoms with van der Waals surface area (Å²) in [4.78, 5) is 8.90.